The standard InChI is InChI=1S/C22H19Cl2FN4O3/c1-3-19(30)28-11-6-12(7-11)32-18-8-13-16(9-17(18)31-2)26-10-27-22(13)29-15-5-4-14(23)20(24)21(15)25/h3-5,8-12H,1,6-7H2,2H3,(H,28,30)(H,26,27,29)/i2D3. The van der Waals surface area contributed by atoms with Gasteiger partial charge in [-0.15, -0.1) is 0 Å². The second kappa shape index (κ2) is 9.18. The molecule has 4 rings (SSSR count). The average molecular weight is 480 g/mol. The van der Waals surface area contributed by atoms with Gasteiger partial charge in [-0.25, -0.2) is 14.4 Å². The molecule has 1 fully saturated rings. The van der Waals surface area contributed by atoms with Crippen molar-refractivity contribution in [3.8, 4) is 11.5 Å². The lowest BCUT2D eigenvalue weighted by Gasteiger charge is -2.35. The van der Waals surface area contributed by atoms with Crippen molar-refractivity contribution in [2.75, 3.05) is 12.4 Å². The Hall–Kier alpha value is -3.10. The first-order valence-corrected chi connectivity index (χ1v) is 10.3. The summed E-state index contributed by atoms with van der Waals surface area (Å²) in [5.74, 6) is -0.719. The molecule has 1 aliphatic carbocycles. The maximum atomic E-state index is 14.6. The number of carbonyl (C=O) groups excluding carboxylic acids is 1. The van der Waals surface area contributed by atoms with Gasteiger partial charge in [0, 0.05) is 30.3 Å². The molecule has 3 aromatic rings. The van der Waals surface area contributed by atoms with Gasteiger partial charge >= 0.3 is 0 Å². The molecule has 1 aromatic heterocycles. The average Bonchev–Trinajstić information content (AvgIpc) is 2.77. The number of hydrogen-bond donors (Lipinski definition) is 2. The van der Waals surface area contributed by atoms with Crippen LogP contribution in [0.2, 0.25) is 10.0 Å². The van der Waals surface area contributed by atoms with E-state index in [2.05, 4.69) is 27.2 Å². The van der Waals surface area contributed by atoms with Gasteiger partial charge in [-0.05, 0) is 24.3 Å². The van der Waals surface area contributed by atoms with E-state index < -0.39 is 12.9 Å². The number of nitrogens with zero attached hydrogens (tertiary/aromatic N) is 2. The van der Waals surface area contributed by atoms with Crippen LogP contribution < -0.4 is 20.1 Å². The third kappa shape index (κ3) is 4.42. The number of ether oxygens (including phenoxy) is 2. The largest absolute Gasteiger partial charge is 0.493 e. The smallest absolute Gasteiger partial charge is 0.243 e. The summed E-state index contributed by atoms with van der Waals surface area (Å²) in [6.07, 6.45) is 3.14. The molecule has 0 aliphatic heterocycles. The van der Waals surface area contributed by atoms with E-state index in [0.29, 0.717) is 23.7 Å². The van der Waals surface area contributed by atoms with Crippen molar-refractivity contribution >= 4 is 51.5 Å². The molecule has 2 aromatic carbocycles. The van der Waals surface area contributed by atoms with E-state index in [-0.39, 0.29) is 51.1 Å². The van der Waals surface area contributed by atoms with Crippen molar-refractivity contribution in [3.63, 3.8) is 0 Å². The lowest BCUT2D eigenvalue weighted by molar-refractivity contribution is -0.118. The first-order chi connectivity index (χ1) is 16.5. The quantitative estimate of drug-likeness (QED) is 0.364. The number of aromatic nitrogens is 2. The van der Waals surface area contributed by atoms with Crippen LogP contribution in [0, 0.1) is 5.82 Å². The summed E-state index contributed by atoms with van der Waals surface area (Å²) in [7, 11) is -2.73. The fraction of sp³-hybridized carbons (Fsp3) is 0.227. The van der Waals surface area contributed by atoms with Gasteiger partial charge in [-0.3, -0.25) is 4.79 Å². The van der Waals surface area contributed by atoms with Gasteiger partial charge in [-0.1, -0.05) is 29.8 Å². The Kier molecular flexibility index (Phi) is 5.30. The highest BCUT2D eigenvalue weighted by molar-refractivity contribution is 6.42. The number of halogens is 3. The molecule has 0 unspecified atom stereocenters. The molecular formula is C22H19Cl2FN4O3. The van der Waals surface area contributed by atoms with E-state index in [4.69, 9.17) is 36.8 Å². The number of nitrogens with one attached hydrogen (secondary N) is 2. The van der Waals surface area contributed by atoms with Crippen molar-refractivity contribution in [1.82, 2.24) is 15.3 Å². The summed E-state index contributed by atoms with van der Waals surface area (Å²) in [6, 6.07) is 5.69. The summed E-state index contributed by atoms with van der Waals surface area (Å²) in [6.45, 7) is 3.42. The summed E-state index contributed by atoms with van der Waals surface area (Å²) < 4.78 is 48.2. The molecule has 32 heavy (non-hydrogen) atoms. The van der Waals surface area contributed by atoms with Gasteiger partial charge in [0.1, 0.15) is 18.2 Å². The van der Waals surface area contributed by atoms with E-state index in [1.54, 1.807) is 0 Å². The van der Waals surface area contributed by atoms with Gasteiger partial charge in [-0.2, -0.15) is 0 Å². The predicted molar refractivity (Wildman–Crippen MR) is 122 cm³/mol. The van der Waals surface area contributed by atoms with Gasteiger partial charge in [0.2, 0.25) is 5.91 Å². The van der Waals surface area contributed by atoms with Crippen LogP contribution in [0.25, 0.3) is 10.9 Å². The minimum atomic E-state index is -2.73. The predicted octanol–water partition coefficient (Wildman–Crippen LogP) is 5.04. The normalized spacial score (nSPS) is 19.2. The van der Waals surface area contributed by atoms with Crippen LogP contribution in [-0.2, 0) is 4.79 Å². The van der Waals surface area contributed by atoms with Crippen molar-refractivity contribution in [2.24, 2.45) is 0 Å². The Labute approximate surface area is 197 Å². The fourth-order valence-corrected chi connectivity index (χ4v) is 3.62. The number of fused-ring (bicyclic) bond motifs is 1. The number of hydrogen-bond acceptors (Lipinski definition) is 6. The van der Waals surface area contributed by atoms with Crippen LogP contribution in [-0.4, -0.2) is 35.1 Å². The second-order valence-corrected chi connectivity index (χ2v) is 7.89. The molecule has 0 bridgehead atoms. The Bertz CT molecular complexity index is 1300. The molecule has 0 radical (unpaired) electrons. The molecule has 0 spiro atoms. The lowest BCUT2D eigenvalue weighted by atomic mass is 9.89. The van der Waals surface area contributed by atoms with Gasteiger partial charge in [0.15, 0.2) is 17.3 Å². The number of methoxy groups -OCH3 is 1. The maximum absolute atomic E-state index is 14.6. The van der Waals surface area contributed by atoms with E-state index in [0.717, 1.165) is 0 Å². The highest BCUT2D eigenvalue weighted by Crippen LogP contribution is 2.38. The monoisotopic (exact) mass is 479 g/mol. The number of rotatable bonds is 7. The zero-order valence-electron chi connectivity index (χ0n) is 19.5. The third-order valence-electron chi connectivity index (χ3n) is 5.02. The zero-order valence-corrected chi connectivity index (χ0v) is 18.0. The number of anilines is 2. The van der Waals surface area contributed by atoms with Crippen LogP contribution in [0.15, 0.2) is 43.2 Å². The molecule has 1 amide bonds. The molecule has 166 valence electrons. The Morgan fingerprint density at radius 2 is 2.12 bits per heavy atom. The first kappa shape index (κ1) is 18.5. The Morgan fingerprint density at radius 1 is 1.31 bits per heavy atom. The topological polar surface area (TPSA) is 85.4 Å². The first-order valence-electron chi connectivity index (χ1n) is 11.0. The summed E-state index contributed by atoms with van der Waals surface area (Å²) >= 11 is 11.8. The van der Waals surface area contributed by atoms with Crippen LogP contribution in [0.3, 0.4) is 0 Å². The van der Waals surface area contributed by atoms with E-state index in [9.17, 15) is 9.18 Å². The molecule has 0 saturated heterocycles. The molecule has 7 nitrogen and oxygen atoms in total. The summed E-state index contributed by atoms with van der Waals surface area (Å²) in [4.78, 5) is 19.8. The van der Waals surface area contributed by atoms with Crippen molar-refractivity contribution < 1.29 is 22.8 Å². The van der Waals surface area contributed by atoms with Crippen LogP contribution >= 0.6 is 23.2 Å². The second-order valence-electron chi connectivity index (χ2n) is 7.11. The fourth-order valence-electron chi connectivity index (χ4n) is 3.30. The van der Waals surface area contributed by atoms with E-state index >= 15 is 0 Å². The number of benzene rings is 2. The van der Waals surface area contributed by atoms with E-state index in [1.807, 2.05) is 0 Å². The molecular weight excluding hydrogens is 458 g/mol. The highest BCUT2D eigenvalue weighted by Gasteiger charge is 2.32. The van der Waals surface area contributed by atoms with Crippen molar-refractivity contribution in [2.45, 2.75) is 25.0 Å². The van der Waals surface area contributed by atoms with Crippen LogP contribution in [0.1, 0.15) is 17.0 Å². The van der Waals surface area contributed by atoms with Crippen molar-refractivity contribution in [1.29, 1.82) is 0 Å². The van der Waals surface area contributed by atoms with Gasteiger partial charge in [0.05, 0.1) is 32.4 Å². The molecule has 1 aliphatic rings. The van der Waals surface area contributed by atoms with Gasteiger partial charge in [0.25, 0.3) is 0 Å². The Balaban J connectivity index is 1.66. The zero-order chi connectivity index (χ0) is 25.3. The molecule has 2 N–H and O–H groups in total. The molecule has 0 atom stereocenters. The summed E-state index contributed by atoms with van der Waals surface area (Å²) in [5.41, 5.74) is 0.365. The third-order valence-corrected chi connectivity index (χ3v) is 5.80. The summed E-state index contributed by atoms with van der Waals surface area (Å²) in [5, 5.41) is 5.87. The maximum Gasteiger partial charge on any atom is 0.243 e. The van der Waals surface area contributed by atoms with Crippen LogP contribution in [0.4, 0.5) is 15.9 Å². The SMILES string of the molecule is [2H]C([2H])([2H])Oc1cc2ncnc(Nc3ccc(Cl)c(Cl)c3F)c2cc1OC1CC(NC(=O)C=C)C1. The van der Waals surface area contributed by atoms with Crippen molar-refractivity contribution in [3.05, 3.63) is 59.1 Å². The number of carbonyl (C=O) groups is 1. The molecule has 1 saturated carbocycles. The van der Waals surface area contributed by atoms with Gasteiger partial charge < -0.3 is 20.1 Å². The minimum absolute atomic E-state index is 0.0319. The Morgan fingerprint density at radius 3 is 2.88 bits per heavy atom. The molecule has 1 heterocycles. The lowest BCUT2D eigenvalue weighted by Crippen LogP contribution is -2.48. The van der Waals surface area contributed by atoms with Crippen LogP contribution in [0.5, 0.6) is 11.5 Å². The van der Waals surface area contributed by atoms with E-state index in [1.165, 1.54) is 36.7 Å². The highest BCUT2D eigenvalue weighted by atomic mass is 35.5. The minimum Gasteiger partial charge on any atom is -0.493 e. The molecule has 10 heteroatoms. The number of amides is 1.